The molecule has 2 aliphatic rings. The van der Waals surface area contributed by atoms with Crippen LogP contribution in [-0.4, -0.2) is 12.0 Å². The summed E-state index contributed by atoms with van der Waals surface area (Å²) in [4.78, 5) is 15.3. The highest BCUT2D eigenvalue weighted by molar-refractivity contribution is 5.95. The van der Waals surface area contributed by atoms with E-state index in [0.29, 0.717) is 5.92 Å². The zero-order chi connectivity index (χ0) is 22.5. The van der Waals surface area contributed by atoms with Crippen LogP contribution in [-0.2, 0) is 0 Å². The molecule has 1 aromatic rings. The lowest BCUT2D eigenvalue weighted by Gasteiger charge is -2.08. The van der Waals surface area contributed by atoms with Gasteiger partial charge in [0.25, 0.3) is 0 Å². The Labute approximate surface area is 184 Å². The fourth-order valence-corrected chi connectivity index (χ4v) is 3.41. The van der Waals surface area contributed by atoms with Crippen LogP contribution in [0.3, 0.4) is 0 Å². The number of nitrogens with zero attached hydrogens (tertiary/aromatic N) is 1. The second-order valence-electron chi connectivity index (χ2n) is 8.85. The number of hydrogen-bond acceptors (Lipinski definition) is 2. The number of aliphatic imine (C=N–C) groups is 1. The molecule has 30 heavy (non-hydrogen) atoms. The van der Waals surface area contributed by atoms with Crippen LogP contribution >= 0.6 is 0 Å². The van der Waals surface area contributed by atoms with Gasteiger partial charge in [-0.05, 0) is 68.2 Å². The van der Waals surface area contributed by atoms with Gasteiger partial charge in [0.15, 0.2) is 5.78 Å². The maximum absolute atomic E-state index is 11.1. The molecule has 1 saturated carbocycles. The molecule has 0 aliphatic heterocycles. The standard InChI is InChI=1S/C13H15NO.C9H14.C6H12/c1-9(2)14-8-13-6-5-12(11(4)15)7-10(13)3;1-8(2)9-6-4-3-5-7-9;1-6-4-2-3-5-6/h5-8H,1H2,2-4H3;4,6-8H,3,5H2,1-2H3;6H,2-5H2,1H3. The summed E-state index contributed by atoms with van der Waals surface area (Å²) in [6.45, 7) is 15.9. The molecule has 2 heteroatoms. The molecule has 0 heterocycles. The van der Waals surface area contributed by atoms with Gasteiger partial charge >= 0.3 is 0 Å². The third-order valence-electron chi connectivity index (χ3n) is 5.43. The minimum atomic E-state index is 0.0847. The van der Waals surface area contributed by atoms with Crippen LogP contribution in [0.5, 0.6) is 0 Å². The second-order valence-corrected chi connectivity index (χ2v) is 8.85. The minimum Gasteiger partial charge on any atom is -0.295 e. The maximum Gasteiger partial charge on any atom is 0.159 e. The smallest absolute Gasteiger partial charge is 0.159 e. The van der Waals surface area contributed by atoms with Crippen molar-refractivity contribution in [1.82, 2.24) is 0 Å². The van der Waals surface area contributed by atoms with Gasteiger partial charge in [0.2, 0.25) is 0 Å². The molecule has 1 aromatic carbocycles. The molecule has 164 valence electrons. The number of allylic oxidation sites excluding steroid dienone is 5. The third kappa shape index (κ3) is 10.5. The fraction of sp³-hybridized carbons (Fsp3) is 0.500. The van der Waals surface area contributed by atoms with Crippen molar-refractivity contribution in [1.29, 1.82) is 0 Å². The molecule has 0 bridgehead atoms. The molecule has 2 aliphatic carbocycles. The van der Waals surface area contributed by atoms with Gasteiger partial charge in [-0.3, -0.25) is 9.79 Å². The van der Waals surface area contributed by atoms with Crippen LogP contribution < -0.4 is 0 Å². The van der Waals surface area contributed by atoms with Gasteiger partial charge in [0.1, 0.15) is 0 Å². The van der Waals surface area contributed by atoms with Crippen LogP contribution in [0, 0.1) is 18.8 Å². The quantitative estimate of drug-likeness (QED) is 0.365. The summed E-state index contributed by atoms with van der Waals surface area (Å²) in [5.74, 6) is 1.84. The number of Topliss-reactive ketones (excluding diaryl/α,β-unsaturated/α-hetero) is 1. The molecule has 0 atom stereocenters. The largest absolute Gasteiger partial charge is 0.295 e. The minimum absolute atomic E-state index is 0.0847. The number of rotatable bonds is 4. The number of aryl methyl sites for hydroxylation is 1. The average molecular weight is 408 g/mol. The van der Waals surface area contributed by atoms with E-state index >= 15 is 0 Å². The summed E-state index contributed by atoms with van der Waals surface area (Å²) < 4.78 is 0. The lowest BCUT2D eigenvalue weighted by atomic mass is 9.97. The number of benzene rings is 1. The van der Waals surface area contributed by atoms with Gasteiger partial charge in [-0.25, -0.2) is 0 Å². The molecule has 0 unspecified atom stereocenters. The normalized spacial score (nSPS) is 15.9. The maximum atomic E-state index is 11.1. The summed E-state index contributed by atoms with van der Waals surface area (Å²) in [6.07, 6.45) is 17.0. The van der Waals surface area contributed by atoms with E-state index in [2.05, 4.69) is 50.6 Å². The predicted octanol–water partition coefficient (Wildman–Crippen LogP) is 8.27. The highest BCUT2D eigenvalue weighted by Crippen LogP contribution is 2.23. The molecule has 1 fully saturated rings. The van der Waals surface area contributed by atoms with E-state index in [4.69, 9.17) is 0 Å². The fourth-order valence-electron chi connectivity index (χ4n) is 3.41. The number of carbonyl (C=O) groups is 1. The van der Waals surface area contributed by atoms with Crippen LogP contribution in [0.1, 0.15) is 94.6 Å². The van der Waals surface area contributed by atoms with Gasteiger partial charge in [-0.15, -0.1) is 0 Å². The topological polar surface area (TPSA) is 29.4 Å². The average Bonchev–Trinajstić information content (AvgIpc) is 3.19. The first kappa shape index (κ1) is 25.8. The van der Waals surface area contributed by atoms with E-state index in [1.807, 2.05) is 32.0 Å². The molecule has 0 N–H and O–H groups in total. The van der Waals surface area contributed by atoms with E-state index in [9.17, 15) is 4.79 Å². The summed E-state index contributed by atoms with van der Waals surface area (Å²) >= 11 is 0. The van der Waals surface area contributed by atoms with E-state index < -0.39 is 0 Å². The van der Waals surface area contributed by atoms with Crippen molar-refractivity contribution >= 4 is 12.0 Å². The van der Waals surface area contributed by atoms with E-state index in [1.54, 1.807) is 13.1 Å². The summed E-state index contributed by atoms with van der Waals surface area (Å²) in [5.41, 5.74) is 5.07. The van der Waals surface area contributed by atoms with Crippen molar-refractivity contribution in [2.45, 2.75) is 80.1 Å². The lowest BCUT2D eigenvalue weighted by molar-refractivity contribution is 0.101. The van der Waals surface area contributed by atoms with Crippen molar-refractivity contribution in [3.8, 4) is 0 Å². The second kappa shape index (κ2) is 13.9. The predicted molar refractivity (Wildman–Crippen MR) is 133 cm³/mol. The zero-order valence-corrected chi connectivity index (χ0v) is 20.0. The lowest BCUT2D eigenvalue weighted by Crippen LogP contribution is -1.95. The molecule has 3 rings (SSSR count). The van der Waals surface area contributed by atoms with Crippen LogP contribution in [0.4, 0.5) is 0 Å². The van der Waals surface area contributed by atoms with E-state index in [0.717, 1.165) is 28.3 Å². The first-order valence-electron chi connectivity index (χ1n) is 11.4. The van der Waals surface area contributed by atoms with Crippen LogP contribution in [0.2, 0.25) is 0 Å². The van der Waals surface area contributed by atoms with Crippen molar-refractivity contribution in [2.75, 3.05) is 0 Å². The summed E-state index contributed by atoms with van der Waals surface area (Å²) in [5, 5.41) is 0. The Kier molecular flexibility index (Phi) is 12.0. The number of ketones is 1. The van der Waals surface area contributed by atoms with Crippen molar-refractivity contribution in [3.63, 3.8) is 0 Å². The Bertz CT molecular complexity index is 774. The molecule has 0 saturated heterocycles. The molecule has 0 spiro atoms. The van der Waals surface area contributed by atoms with Gasteiger partial charge in [0.05, 0.1) is 0 Å². The molecule has 2 nitrogen and oxygen atoms in total. The molecule has 0 aromatic heterocycles. The number of hydrogen-bond donors (Lipinski definition) is 0. The monoisotopic (exact) mass is 407 g/mol. The Hall–Kier alpha value is -2.22. The van der Waals surface area contributed by atoms with Crippen molar-refractivity contribution < 1.29 is 4.79 Å². The van der Waals surface area contributed by atoms with Crippen molar-refractivity contribution in [2.24, 2.45) is 16.8 Å². The molecular formula is C28H41NO. The summed E-state index contributed by atoms with van der Waals surface area (Å²) in [6, 6.07) is 5.59. The highest BCUT2D eigenvalue weighted by Gasteiger charge is 2.07. The third-order valence-corrected chi connectivity index (χ3v) is 5.43. The summed E-state index contributed by atoms with van der Waals surface area (Å²) in [7, 11) is 0. The number of carbonyl (C=O) groups excluding carboxylic acids is 1. The van der Waals surface area contributed by atoms with Gasteiger partial charge in [-0.2, -0.15) is 0 Å². The van der Waals surface area contributed by atoms with E-state index in [-0.39, 0.29) is 5.78 Å². The first-order valence-corrected chi connectivity index (χ1v) is 11.4. The Morgan fingerprint density at radius 1 is 1.17 bits per heavy atom. The molecular weight excluding hydrogens is 366 g/mol. The SMILES string of the molecule is C=C(C)N=Cc1ccc(C(C)=O)cc1C.CC(C)C1=CCCC=C1.CC1CCCC1. The van der Waals surface area contributed by atoms with Gasteiger partial charge < -0.3 is 0 Å². The Morgan fingerprint density at radius 3 is 2.20 bits per heavy atom. The first-order chi connectivity index (χ1) is 14.2. The Balaban J connectivity index is 0.000000252. The van der Waals surface area contributed by atoms with Crippen molar-refractivity contribution in [3.05, 3.63) is 71.0 Å². The highest BCUT2D eigenvalue weighted by atomic mass is 16.1. The van der Waals surface area contributed by atoms with Gasteiger partial charge in [0, 0.05) is 17.5 Å². The van der Waals surface area contributed by atoms with Crippen LogP contribution in [0.15, 0.2) is 59.3 Å². The van der Waals surface area contributed by atoms with Crippen LogP contribution in [0.25, 0.3) is 0 Å². The molecule has 0 radical (unpaired) electrons. The molecule has 0 amide bonds. The Morgan fingerprint density at radius 2 is 1.83 bits per heavy atom. The zero-order valence-electron chi connectivity index (χ0n) is 20.0. The van der Waals surface area contributed by atoms with Gasteiger partial charge in [-0.1, -0.05) is 83.4 Å². The van der Waals surface area contributed by atoms with E-state index in [1.165, 1.54) is 44.1 Å².